The summed E-state index contributed by atoms with van der Waals surface area (Å²) in [6.07, 6.45) is 29.8. The van der Waals surface area contributed by atoms with E-state index >= 15 is 0 Å². The Labute approximate surface area is 219 Å². The zero-order chi connectivity index (χ0) is 26.2. The van der Waals surface area contributed by atoms with Crippen molar-refractivity contribution in [2.24, 2.45) is 0 Å². The van der Waals surface area contributed by atoms with Gasteiger partial charge in [0.05, 0.1) is 0 Å². The molecule has 0 radical (unpaired) electrons. The highest BCUT2D eigenvalue weighted by atomic mass is 14.0. The van der Waals surface area contributed by atoms with Crippen LogP contribution >= 0.6 is 0 Å². The van der Waals surface area contributed by atoms with Gasteiger partial charge in [-0.3, -0.25) is 0 Å². The van der Waals surface area contributed by atoms with Crippen LogP contribution in [0.1, 0.15) is 49.9 Å². The predicted molar refractivity (Wildman–Crippen MR) is 163 cm³/mol. The van der Waals surface area contributed by atoms with E-state index in [1.807, 2.05) is 0 Å². The Bertz CT molecular complexity index is 1160. The van der Waals surface area contributed by atoms with Crippen molar-refractivity contribution in [3.8, 4) is 0 Å². The molecule has 0 nitrogen and oxygen atoms in total. The summed E-state index contributed by atoms with van der Waals surface area (Å²) in [4.78, 5) is 0. The van der Waals surface area contributed by atoms with Crippen molar-refractivity contribution in [1.29, 1.82) is 0 Å². The standard InChI is InChI=1S/C36H40/c1-29(17-13-19-31(3)25-27-35-23-11-9-21-33(35)5)15-7-8-16-30(2)18-14-20-32(4)26-28-36-24-12-10-22-34(36)6/h7-28H,1-6H3. The molecule has 2 rings (SSSR count). The first-order valence-corrected chi connectivity index (χ1v) is 12.5. The van der Waals surface area contributed by atoms with Gasteiger partial charge in [-0.1, -0.05) is 156 Å². The predicted octanol–water partition coefficient (Wildman–Crippen LogP) is 10.5. The molecule has 0 saturated carbocycles. The van der Waals surface area contributed by atoms with Crippen LogP contribution in [-0.4, -0.2) is 0 Å². The normalized spacial score (nSPS) is 14.5. The topological polar surface area (TPSA) is 0 Å². The first-order chi connectivity index (χ1) is 17.3. The van der Waals surface area contributed by atoms with E-state index in [0.717, 1.165) is 0 Å². The molecule has 0 aliphatic carbocycles. The van der Waals surface area contributed by atoms with E-state index < -0.39 is 0 Å². The first-order valence-electron chi connectivity index (χ1n) is 12.5. The number of allylic oxidation sites excluding steroid dienone is 16. The van der Waals surface area contributed by atoms with E-state index in [-0.39, 0.29) is 0 Å². The maximum atomic E-state index is 2.17. The van der Waals surface area contributed by atoms with Gasteiger partial charge in [-0.05, 0) is 63.8 Å². The van der Waals surface area contributed by atoms with Gasteiger partial charge in [-0.15, -0.1) is 0 Å². The highest BCUT2D eigenvalue weighted by Gasteiger charge is 1.91. The van der Waals surface area contributed by atoms with E-state index in [4.69, 9.17) is 0 Å². The summed E-state index contributed by atoms with van der Waals surface area (Å²) < 4.78 is 0. The smallest absolute Gasteiger partial charge is 0.0227 e. The molecule has 184 valence electrons. The molecular weight excluding hydrogens is 432 g/mol. The first kappa shape index (κ1) is 28.3. The van der Waals surface area contributed by atoms with E-state index in [1.54, 1.807) is 0 Å². The summed E-state index contributed by atoms with van der Waals surface area (Å²) in [7, 11) is 0. The van der Waals surface area contributed by atoms with Gasteiger partial charge >= 0.3 is 0 Å². The van der Waals surface area contributed by atoms with Crippen LogP contribution in [0.2, 0.25) is 0 Å². The summed E-state index contributed by atoms with van der Waals surface area (Å²) in [5.74, 6) is 0. The summed E-state index contributed by atoms with van der Waals surface area (Å²) in [6, 6.07) is 16.8. The molecule has 0 aliphatic rings. The maximum absolute atomic E-state index is 2.17. The lowest BCUT2D eigenvalue weighted by Crippen LogP contribution is -1.78. The van der Waals surface area contributed by atoms with E-state index in [9.17, 15) is 0 Å². The average molecular weight is 473 g/mol. The molecule has 0 N–H and O–H groups in total. The molecular formula is C36H40. The number of aryl methyl sites for hydroxylation is 2. The lowest BCUT2D eigenvalue weighted by atomic mass is 10.1. The largest absolute Gasteiger partial charge is 0.0620 e. The Morgan fingerprint density at radius 2 is 0.778 bits per heavy atom. The van der Waals surface area contributed by atoms with E-state index in [2.05, 4.69) is 175 Å². The molecule has 0 saturated heterocycles. The molecule has 36 heavy (non-hydrogen) atoms. The van der Waals surface area contributed by atoms with Crippen molar-refractivity contribution in [2.75, 3.05) is 0 Å². The van der Waals surface area contributed by atoms with Gasteiger partial charge in [0.15, 0.2) is 0 Å². The van der Waals surface area contributed by atoms with E-state index in [0.29, 0.717) is 0 Å². The van der Waals surface area contributed by atoms with Gasteiger partial charge in [-0.2, -0.15) is 0 Å². The van der Waals surface area contributed by atoms with Gasteiger partial charge in [0.1, 0.15) is 0 Å². The third-order valence-electron chi connectivity index (χ3n) is 5.69. The zero-order valence-corrected chi connectivity index (χ0v) is 22.7. The van der Waals surface area contributed by atoms with Crippen molar-refractivity contribution in [1.82, 2.24) is 0 Å². The van der Waals surface area contributed by atoms with Gasteiger partial charge < -0.3 is 0 Å². The Morgan fingerprint density at radius 3 is 1.17 bits per heavy atom. The fourth-order valence-corrected chi connectivity index (χ4v) is 3.33. The van der Waals surface area contributed by atoms with Crippen LogP contribution in [0.4, 0.5) is 0 Å². The molecule has 0 heterocycles. The van der Waals surface area contributed by atoms with Crippen molar-refractivity contribution < 1.29 is 0 Å². The van der Waals surface area contributed by atoms with Crippen LogP contribution in [0.3, 0.4) is 0 Å². The van der Waals surface area contributed by atoms with Gasteiger partial charge in [-0.25, -0.2) is 0 Å². The van der Waals surface area contributed by atoms with Crippen LogP contribution < -0.4 is 0 Å². The molecule has 0 aromatic heterocycles. The number of hydrogen-bond donors (Lipinski definition) is 0. The SMILES string of the molecule is CC(C=CC=C(C)C=Cc1ccccc1C)=CC=CC=C(C)C=CC=C(C)C=Cc1ccccc1C. The second-order valence-electron chi connectivity index (χ2n) is 9.13. The summed E-state index contributed by atoms with van der Waals surface area (Å²) >= 11 is 0. The number of benzene rings is 2. The molecule has 2 aromatic carbocycles. The van der Waals surface area contributed by atoms with Crippen LogP contribution in [0.25, 0.3) is 12.2 Å². The average Bonchev–Trinajstić information content (AvgIpc) is 2.85. The Balaban J connectivity index is 1.84. The van der Waals surface area contributed by atoms with Crippen molar-refractivity contribution in [3.63, 3.8) is 0 Å². The molecule has 0 fully saturated rings. The van der Waals surface area contributed by atoms with Crippen molar-refractivity contribution in [2.45, 2.75) is 41.5 Å². The third kappa shape index (κ3) is 11.5. The van der Waals surface area contributed by atoms with Crippen LogP contribution in [0.15, 0.2) is 144 Å². The summed E-state index contributed by atoms with van der Waals surface area (Å²) in [6.45, 7) is 12.7. The lowest BCUT2D eigenvalue weighted by molar-refractivity contribution is 1.44. The summed E-state index contributed by atoms with van der Waals surface area (Å²) in [5, 5.41) is 0. The van der Waals surface area contributed by atoms with Crippen LogP contribution in [0, 0.1) is 13.8 Å². The Morgan fingerprint density at radius 1 is 0.444 bits per heavy atom. The van der Waals surface area contributed by atoms with Gasteiger partial charge in [0, 0.05) is 0 Å². The lowest BCUT2D eigenvalue weighted by Gasteiger charge is -1.98. The molecule has 0 spiro atoms. The molecule has 0 bridgehead atoms. The fraction of sp³-hybridized carbons (Fsp3) is 0.167. The third-order valence-corrected chi connectivity index (χ3v) is 5.69. The molecule has 0 heteroatoms. The minimum absolute atomic E-state index is 1.21. The second kappa shape index (κ2) is 15.9. The monoisotopic (exact) mass is 472 g/mol. The number of rotatable bonds is 10. The van der Waals surface area contributed by atoms with Gasteiger partial charge in [0.25, 0.3) is 0 Å². The molecule has 0 amide bonds. The quantitative estimate of drug-likeness (QED) is 0.302. The Hall–Kier alpha value is -3.90. The Kier molecular flexibility index (Phi) is 12.5. The van der Waals surface area contributed by atoms with Crippen LogP contribution in [0.5, 0.6) is 0 Å². The maximum Gasteiger partial charge on any atom is -0.0227 e. The van der Waals surface area contributed by atoms with Gasteiger partial charge in [0.2, 0.25) is 0 Å². The summed E-state index contributed by atoms with van der Waals surface area (Å²) in [5.41, 5.74) is 9.96. The minimum Gasteiger partial charge on any atom is -0.0620 e. The highest BCUT2D eigenvalue weighted by molar-refractivity contribution is 5.57. The van der Waals surface area contributed by atoms with Crippen LogP contribution in [-0.2, 0) is 0 Å². The zero-order valence-electron chi connectivity index (χ0n) is 22.7. The molecule has 0 unspecified atom stereocenters. The second-order valence-corrected chi connectivity index (χ2v) is 9.13. The van der Waals surface area contributed by atoms with E-state index in [1.165, 1.54) is 44.5 Å². The van der Waals surface area contributed by atoms with Crippen molar-refractivity contribution >= 4 is 12.2 Å². The minimum atomic E-state index is 1.21. The molecule has 0 atom stereocenters. The van der Waals surface area contributed by atoms with Crippen molar-refractivity contribution in [3.05, 3.63) is 166 Å². The highest BCUT2D eigenvalue weighted by Crippen LogP contribution is 2.12. The molecule has 0 aliphatic heterocycles. The molecule has 2 aromatic rings. The fourth-order valence-electron chi connectivity index (χ4n) is 3.33. The number of hydrogen-bond acceptors (Lipinski definition) is 0.